The number of thiophene rings is 1. The lowest BCUT2D eigenvalue weighted by Crippen LogP contribution is -2.50. The first-order chi connectivity index (χ1) is 13.5. The molecule has 7 heteroatoms. The summed E-state index contributed by atoms with van der Waals surface area (Å²) in [5.41, 5.74) is 2.11. The molecule has 1 fully saturated rings. The Balaban J connectivity index is 1.58. The third-order valence-corrected chi connectivity index (χ3v) is 5.97. The number of aliphatic hydroxyl groups excluding tert-OH is 2. The lowest BCUT2D eigenvalue weighted by molar-refractivity contribution is -0.153. The third-order valence-electron chi connectivity index (χ3n) is 5.03. The van der Waals surface area contributed by atoms with E-state index in [0.29, 0.717) is 19.5 Å². The van der Waals surface area contributed by atoms with E-state index in [9.17, 15) is 19.8 Å². The first kappa shape index (κ1) is 20.5. The maximum absolute atomic E-state index is 12.8. The number of aryl methyl sites for hydroxylation is 1. The van der Waals surface area contributed by atoms with E-state index >= 15 is 0 Å². The molecular formula is C21H26N2O4S. The standard InChI is InChI=1S/C21H26N2O4S/c1-14-5-2-6-15(13-14)17-8-3-11-23(17)21(27)19(25)18(24)20(26)22-10-9-16-7-4-12-28-16/h2,4-7,12-13,17-19,24-25H,3,8-11H2,1H3,(H,22,26)/t17-,18-,19-/m1/s1. The predicted molar refractivity (Wildman–Crippen MR) is 108 cm³/mol. The van der Waals surface area contributed by atoms with Gasteiger partial charge in [-0.2, -0.15) is 0 Å². The van der Waals surface area contributed by atoms with Crippen LogP contribution in [0.15, 0.2) is 41.8 Å². The van der Waals surface area contributed by atoms with Crippen LogP contribution in [0.2, 0.25) is 0 Å². The number of nitrogens with zero attached hydrogens (tertiary/aromatic N) is 1. The summed E-state index contributed by atoms with van der Waals surface area (Å²) in [4.78, 5) is 27.6. The van der Waals surface area contributed by atoms with Gasteiger partial charge in [0.05, 0.1) is 6.04 Å². The number of benzene rings is 1. The van der Waals surface area contributed by atoms with Crippen molar-refractivity contribution in [2.45, 2.75) is 44.4 Å². The van der Waals surface area contributed by atoms with Crippen LogP contribution in [0.4, 0.5) is 0 Å². The lowest BCUT2D eigenvalue weighted by atomic mass is 10.0. The predicted octanol–water partition coefficient (Wildman–Crippen LogP) is 1.80. The first-order valence-corrected chi connectivity index (χ1v) is 10.4. The van der Waals surface area contributed by atoms with Crippen LogP contribution in [-0.4, -0.2) is 52.2 Å². The van der Waals surface area contributed by atoms with Crippen LogP contribution in [0.5, 0.6) is 0 Å². The van der Waals surface area contributed by atoms with E-state index in [0.717, 1.165) is 28.8 Å². The highest BCUT2D eigenvalue weighted by Crippen LogP contribution is 2.33. The highest BCUT2D eigenvalue weighted by Gasteiger charge is 2.38. The highest BCUT2D eigenvalue weighted by molar-refractivity contribution is 7.09. The molecule has 3 atom stereocenters. The summed E-state index contributed by atoms with van der Waals surface area (Å²) in [5.74, 6) is -1.34. The van der Waals surface area contributed by atoms with Gasteiger partial charge in [0, 0.05) is 18.0 Å². The Hall–Kier alpha value is -2.22. The van der Waals surface area contributed by atoms with Gasteiger partial charge in [0.2, 0.25) is 0 Å². The summed E-state index contributed by atoms with van der Waals surface area (Å²) in [7, 11) is 0. The topological polar surface area (TPSA) is 89.9 Å². The quantitative estimate of drug-likeness (QED) is 0.659. The van der Waals surface area contributed by atoms with E-state index in [1.807, 2.05) is 48.7 Å². The summed E-state index contributed by atoms with van der Waals surface area (Å²) in [6.45, 7) is 2.83. The van der Waals surface area contributed by atoms with Gasteiger partial charge in [-0.3, -0.25) is 9.59 Å². The molecule has 2 amide bonds. The third kappa shape index (κ3) is 4.79. The maximum Gasteiger partial charge on any atom is 0.255 e. The van der Waals surface area contributed by atoms with Gasteiger partial charge < -0.3 is 20.4 Å². The number of hydrogen-bond acceptors (Lipinski definition) is 5. The summed E-state index contributed by atoms with van der Waals surface area (Å²) in [6.07, 6.45) is -1.30. The number of carbonyl (C=O) groups excluding carboxylic acids is 2. The molecule has 0 unspecified atom stereocenters. The van der Waals surface area contributed by atoms with Crippen LogP contribution < -0.4 is 5.32 Å². The second-order valence-corrected chi connectivity index (χ2v) is 8.15. The fourth-order valence-electron chi connectivity index (χ4n) is 3.57. The number of hydrogen-bond donors (Lipinski definition) is 3. The average Bonchev–Trinajstić information content (AvgIpc) is 3.38. The monoisotopic (exact) mass is 402 g/mol. The Morgan fingerprint density at radius 2 is 2.07 bits per heavy atom. The average molecular weight is 403 g/mol. The Morgan fingerprint density at radius 1 is 1.25 bits per heavy atom. The lowest BCUT2D eigenvalue weighted by Gasteiger charge is -2.28. The van der Waals surface area contributed by atoms with Crippen LogP contribution in [-0.2, 0) is 16.0 Å². The molecule has 0 bridgehead atoms. The molecule has 150 valence electrons. The number of nitrogens with one attached hydrogen (secondary N) is 1. The van der Waals surface area contributed by atoms with Crippen LogP contribution >= 0.6 is 11.3 Å². The van der Waals surface area contributed by atoms with Crippen LogP contribution in [0, 0.1) is 6.92 Å². The van der Waals surface area contributed by atoms with E-state index in [1.54, 1.807) is 16.2 Å². The van der Waals surface area contributed by atoms with E-state index in [2.05, 4.69) is 5.32 Å². The fraction of sp³-hybridized carbons (Fsp3) is 0.429. The van der Waals surface area contributed by atoms with Gasteiger partial charge in [-0.25, -0.2) is 0 Å². The zero-order chi connectivity index (χ0) is 20.1. The molecule has 0 radical (unpaired) electrons. The van der Waals surface area contributed by atoms with Crippen molar-refractivity contribution in [1.82, 2.24) is 10.2 Å². The zero-order valence-corrected chi connectivity index (χ0v) is 16.7. The van der Waals surface area contributed by atoms with E-state index in [1.165, 1.54) is 0 Å². The van der Waals surface area contributed by atoms with Crippen molar-refractivity contribution in [3.8, 4) is 0 Å². The van der Waals surface area contributed by atoms with Gasteiger partial charge >= 0.3 is 0 Å². The molecule has 1 aromatic carbocycles. The van der Waals surface area contributed by atoms with Crippen molar-refractivity contribution in [3.63, 3.8) is 0 Å². The molecule has 28 heavy (non-hydrogen) atoms. The summed E-state index contributed by atoms with van der Waals surface area (Å²) in [5, 5.41) is 25.0. The Labute approximate surface area is 168 Å². The van der Waals surface area contributed by atoms with Crippen molar-refractivity contribution in [2.75, 3.05) is 13.1 Å². The molecule has 0 spiro atoms. The Kier molecular flexibility index (Phi) is 6.83. The van der Waals surface area contributed by atoms with Gasteiger partial charge in [0.15, 0.2) is 12.2 Å². The second kappa shape index (κ2) is 9.32. The molecule has 3 N–H and O–H groups in total. The maximum atomic E-state index is 12.8. The largest absolute Gasteiger partial charge is 0.380 e. The van der Waals surface area contributed by atoms with Crippen LogP contribution in [0.1, 0.15) is 34.9 Å². The van der Waals surface area contributed by atoms with Gasteiger partial charge in [0.1, 0.15) is 0 Å². The van der Waals surface area contributed by atoms with Gasteiger partial charge in [-0.1, -0.05) is 35.9 Å². The van der Waals surface area contributed by atoms with E-state index in [4.69, 9.17) is 0 Å². The molecule has 2 aromatic rings. The Morgan fingerprint density at radius 3 is 2.79 bits per heavy atom. The van der Waals surface area contributed by atoms with Crippen LogP contribution in [0.3, 0.4) is 0 Å². The fourth-order valence-corrected chi connectivity index (χ4v) is 4.28. The molecule has 2 heterocycles. The van der Waals surface area contributed by atoms with Crippen LogP contribution in [0.25, 0.3) is 0 Å². The zero-order valence-electron chi connectivity index (χ0n) is 15.9. The molecule has 1 saturated heterocycles. The van der Waals surface area contributed by atoms with E-state index in [-0.39, 0.29) is 6.04 Å². The molecule has 6 nitrogen and oxygen atoms in total. The SMILES string of the molecule is Cc1cccc([C@H]2CCCN2C(=O)[C@H](O)[C@@H](O)C(=O)NCCc2cccs2)c1. The first-order valence-electron chi connectivity index (χ1n) is 9.50. The van der Waals surface area contributed by atoms with E-state index < -0.39 is 24.0 Å². The molecule has 1 aliphatic rings. The smallest absolute Gasteiger partial charge is 0.255 e. The minimum Gasteiger partial charge on any atom is -0.380 e. The summed E-state index contributed by atoms with van der Waals surface area (Å²) in [6, 6.07) is 11.7. The van der Waals surface area contributed by atoms with Crippen molar-refractivity contribution >= 4 is 23.2 Å². The number of likely N-dealkylation sites (tertiary alicyclic amines) is 1. The molecule has 3 rings (SSSR count). The van der Waals surface area contributed by atoms with Crippen molar-refractivity contribution in [1.29, 1.82) is 0 Å². The molecule has 1 aliphatic heterocycles. The molecular weight excluding hydrogens is 376 g/mol. The van der Waals surface area contributed by atoms with Crippen molar-refractivity contribution in [3.05, 3.63) is 57.8 Å². The summed E-state index contributed by atoms with van der Waals surface area (Å²) >= 11 is 1.59. The molecule has 0 aliphatic carbocycles. The number of aliphatic hydroxyl groups is 2. The summed E-state index contributed by atoms with van der Waals surface area (Å²) < 4.78 is 0. The number of amides is 2. The number of carbonyl (C=O) groups is 2. The van der Waals surface area contributed by atoms with Crippen molar-refractivity contribution in [2.24, 2.45) is 0 Å². The minimum absolute atomic E-state index is 0.142. The minimum atomic E-state index is -1.78. The van der Waals surface area contributed by atoms with Gasteiger partial charge in [0.25, 0.3) is 11.8 Å². The Bertz CT molecular complexity index is 808. The normalized spacial score (nSPS) is 18.7. The molecule has 0 saturated carbocycles. The van der Waals surface area contributed by atoms with Crippen molar-refractivity contribution < 1.29 is 19.8 Å². The second-order valence-electron chi connectivity index (χ2n) is 7.11. The molecule has 1 aromatic heterocycles. The van der Waals surface area contributed by atoms with Gasteiger partial charge in [-0.05, 0) is 43.2 Å². The highest BCUT2D eigenvalue weighted by atomic mass is 32.1. The van der Waals surface area contributed by atoms with Gasteiger partial charge in [-0.15, -0.1) is 11.3 Å². The number of rotatable bonds is 7.